The van der Waals surface area contributed by atoms with Gasteiger partial charge in [-0.05, 0) is 0 Å². The molecule has 7 heteroatoms. The molecule has 1 atom stereocenters. The Morgan fingerprint density at radius 3 is 2.00 bits per heavy atom. The van der Waals surface area contributed by atoms with Crippen LogP contribution in [-0.4, -0.2) is 66.2 Å². The Kier molecular flexibility index (Phi) is 8.18. The second-order valence-electron chi connectivity index (χ2n) is 8.18. The van der Waals surface area contributed by atoms with Gasteiger partial charge in [-0.25, -0.2) is 0 Å². The molecule has 0 aliphatic heterocycles. The Balaban J connectivity index is 5.00. The maximum absolute atomic E-state index is 9.70. The zero-order valence-electron chi connectivity index (χ0n) is 15.5. The molecule has 0 aromatic carbocycles. The van der Waals surface area contributed by atoms with Crippen LogP contribution in [0, 0.1) is 0 Å². The standard InChI is InChI=1S/C15H38N3O3Si/c1-12(2)18(10-13(20)11-19)8-9-22(7,15(5,6)17)21-14(3,4)16/h12-13,19-20,22H,8-11,16-17H2,1-7H3/q-1. The normalized spacial score (nSPS) is 16.4. The number of hydrogen-bond donors (Lipinski definition) is 4. The van der Waals surface area contributed by atoms with Gasteiger partial charge in [0.25, 0.3) is 0 Å². The Labute approximate surface area is 136 Å². The van der Waals surface area contributed by atoms with Gasteiger partial charge >= 0.3 is 136 Å². The Morgan fingerprint density at radius 2 is 1.68 bits per heavy atom. The van der Waals surface area contributed by atoms with Crippen molar-refractivity contribution in [2.24, 2.45) is 11.5 Å². The predicted molar refractivity (Wildman–Crippen MR) is 95.2 cm³/mol. The van der Waals surface area contributed by atoms with E-state index in [2.05, 4.69) is 25.3 Å². The molecule has 0 aliphatic rings. The van der Waals surface area contributed by atoms with E-state index in [0.29, 0.717) is 6.54 Å². The van der Waals surface area contributed by atoms with Gasteiger partial charge in [-0.2, -0.15) is 0 Å². The van der Waals surface area contributed by atoms with E-state index in [0.717, 1.165) is 12.6 Å². The second-order valence-corrected chi connectivity index (χ2v) is 13.3. The fourth-order valence-electron chi connectivity index (χ4n) is 2.55. The van der Waals surface area contributed by atoms with Crippen LogP contribution in [0.4, 0.5) is 0 Å². The number of aliphatic hydroxyl groups is 2. The monoisotopic (exact) mass is 336 g/mol. The van der Waals surface area contributed by atoms with Crippen LogP contribution < -0.4 is 11.5 Å². The molecule has 0 aromatic rings. The summed E-state index contributed by atoms with van der Waals surface area (Å²) in [5.74, 6) is 0. The fourth-order valence-corrected chi connectivity index (χ4v) is 5.88. The third kappa shape index (κ3) is 7.50. The molecule has 0 fully saturated rings. The van der Waals surface area contributed by atoms with Gasteiger partial charge in [0.2, 0.25) is 0 Å². The summed E-state index contributed by atoms with van der Waals surface area (Å²) in [5, 5.41) is 18.3. The third-order valence-corrected chi connectivity index (χ3v) is 10.1. The van der Waals surface area contributed by atoms with Crippen molar-refractivity contribution in [3.8, 4) is 0 Å². The maximum atomic E-state index is 9.70. The van der Waals surface area contributed by atoms with Crippen LogP contribution in [0.25, 0.3) is 0 Å². The minimum atomic E-state index is -2.63. The van der Waals surface area contributed by atoms with Gasteiger partial charge in [0.05, 0.1) is 0 Å². The molecule has 1 unspecified atom stereocenters. The molecule has 0 saturated heterocycles. The van der Waals surface area contributed by atoms with Crippen LogP contribution in [0.3, 0.4) is 0 Å². The molecule has 0 saturated carbocycles. The Morgan fingerprint density at radius 1 is 1.18 bits per heavy atom. The minimum absolute atomic E-state index is 0.227. The van der Waals surface area contributed by atoms with Crippen molar-refractivity contribution in [2.45, 2.75) is 77.2 Å². The van der Waals surface area contributed by atoms with Crippen molar-refractivity contribution in [2.75, 3.05) is 19.7 Å². The number of aliphatic hydroxyl groups excluding tert-OH is 2. The number of nitrogens with zero attached hydrogens (tertiary/aromatic N) is 1. The molecule has 136 valence electrons. The van der Waals surface area contributed by atoms with Crippen LogP contribution in [0.15, 0.2) is 0 Å². The van der Waals surface area contributed by atoms with E-state index in [1.165, 1.54) is 0 Å². The van der Waals surface area contributed by atoms with Gasteiger partial charge in [0.15, 0.2) is 0 Å². The van der Waals surface area contributed by atoms with E-state index in [4.69, 9.17) is 21.0 Å². The molecular weight excluding hydrogens is 298 g/mol. The fraction of sp³-hybridized carbons (Fsp3) is 1.00. The molecule has 0 bridgehead atoms. The zero-order valence-corrected chi connectivity index (χ0v) is 16.6. The molecular formula is C15H38N3O3Si-. The van der Waals surface area contributed by atoms with E-state index in [-0.39, 0.29) is 12.6 Å². The van der Waals surface area contributed by atoms with Crippen LogP contribution in [0.5, 0.6) is 0 Å². The summed E-state index contributed by atoms with van der Waals surface area (Å²) in [4.78, 5) is 2.15. The average molecular weight is 337 g/mol. The second kappa shape index (κ2) is 8.19. The first-order chi connectivity index (χ1) is 9.72. The van der Waals surface area contributed by atoms with Crippen LogP contribution in [0.2, 0.25) is 12.6 Å². The number of hydrogen-bond acceptors (Lipinski definition) is 6. The van der Waals surface area contributed by atoms with Crippen LogP contribution in [0.1, 0.15) is 41.5 Å². The molecule has 0 heterocycles. The predicted octanol–water partition coefficient (Wildman–Crippen LogP) is 0.346. The molecule has 6 nitrogen and oxygen atoms in total. The molecule has 0 amide bonds. The summed E-state index contributed by atoms with van der Waals surface area (Å²) < 4.78 is 6.23. The van der Waals surface area contributed by atoms with Gasteiger partial charge in [-0.15, -0.1) is 0 Å². The van der Waals surface area contributed by atoms with Gasteiger partial charge in [-0.3, -0.25) is 0 Å². The molecule has 0 aliphatic carbocycles. The summed E-state index contributed by atoms with van der Waals surface area (Å²) >= 11 is 0. The SMILES string of the molecule is CC(C)N(CC[SiH-](C)(OC(C)(C)N)C(C)(C)N)CC(O)CO. The summed E-state index contributed by atoms with van der Waals surface area (Å²) in [6, 6.07) is 1.11. The quantitative estimate of drug-likeness (QED) is 0.339. The summed E-state index contributed by atoms with van der Waals surface area (Å²) in [5.41, 5.74) is 11.8. The first kappa shape index (κ1) is 22.0. The molecule has 6 N–H and O–H groups in total. The Bertz CT molecular complexity index is 329. The van der Waals surface area contributed by atoms with E-state index < -0.39 is 25.3 Å². The zero-order chi connectivity index (χ0) is 17.8. The van der Waals surface area contributed by atoms with E-state index in [1.807, 2.05) is 27.7 Å². The van der Waals surface area contributed by atoms with Crippen molar-refractivity contribution in [1.82, 2.24) is 4.90 Å². The van der Waals surface area contributed by atoms with Gasteiger partial charge in [0.1, 0.15) is 0 Å². The first-order valence-corrected chi connectivity index (χ1v) is 11.2. The molecule has 0 aromatic heterocycles. The molecule has 0 radical (unpaired) electrons. The van der Waals surface area contributed by atoms with Gasteiger partial charge < -0.3 is 0 Å². The average Bonchev–Trinajstić information content (AvgIpc) is 2.30. The number of rotatable bonds is 10. The van der Waals surface area contributed by atoms with E-state index in [9.17, 15) is 5.11 Å². The van der Waals surface area contributed by atoms with Crippen LogP contribution in [-0.2, 0) is 4.43 Å². The van der Waals surface area contributed by atoms with E-state index in [1.54, 1.807) is 0 Å². The third-order valence-electron chi connectivity index (χ3n) is 4.49. The van der Waals surface area contributed by atoms with E-state index >= 15 is 0 Å². The van der Waals surface area contributed by atoms with Crippen molar-refractivity contribution in [3.63, 3.8) is 0 Å². The summed E-state index contributed by atoms with van der Waals surface area (Å²) in [7, 11) is -2.63. The van der Waals surface area contributed by atoms with Gasteiger partial charge in [-0.1, -0.05) is 0 Å². The van der Waals surface area contributed by atoms with Crippen molar-refractivity contribution in [1.29, 1.82) is 0 Å². The number of nitrogens with two attached hydrogens (primary N) is 2. The molecule has 0 spiro atoms. The van der Waals surface area contributed by atoms with Gasteiger partial charge in [0, 0.05) is 0 Å². The molecule has 22 heavy (non-hydrogen) atoms. The Hall–Kier alpha value is -0.0231. The first-order valence-electron chi connectivity index (χ1n) is 8.23. The van der Waals surface area contributed by atoms with Crippen LogP contribution >= 0.6 is 0 Å². The molecule has 0 rings (SSSR count). The summed E-state index contributed by atoms with van der Waals surface area (Å²) in [6.07, 6.45) is -0.726. The topological polar surface area (TPSA) is 105 Å². The summed E-state index contributed by atoms with van der Waals surface area (Å²) in [6.45, 7) is 15.0. The van der Waals surface area contributed by atoms with Crippen molar-refractivity contribution >= 4 is 8.32 Å². The van der Waals surface area contributed by atoms with Crippen molar-refractivity contribution < 1.29 is 14.6 Å². The van der Waals surface area contributed by atoms with Crippen molar-refractivity contribution in [3.05, 3.63) is 0 Å².